The molecule has 2 bridgehead atoms. The van der Waals surface area contributed by atoms with Gasteiger partial charge < -0.3 is 4.90 Å². The fourth-order valence-corrected chi connectivity index (χ4v) is 5.17. The third kappa shape index (κ3) is 3.08. The maximum absolute atomic E-state index is 12.8. The summed E-state index contributed by atoms with van der Waals surface area (Å²) in [5, 5.41) is 1.30. The van der Waals surface area contributed by atoms with E-state index in [0.717, 1.165) is 25.7 Å². The van der Waals surface area contributed by atoms with Crippen molar-refractivity contribution in [2.75, 3.05) is 6.26 Å². The van der Waals surface area contributed by atoms with Crippen molar-refractivity contribution in [2.45, 2.75) is 56.0 Å². The Labute approximate surface area is 151 Å². The monoisotopic (exact) mass is 357 g/mol. The van der Waals surface area contributed by atoms with Gasteiger partial charge in [0, 0.05) is 30.3 Å². The minimum Gasteiger partial charge on any atom is -0.337 e. The minimum atomic E-state index is -0.0672. The molecule has 0 N–H and O–H groups in total. The van der Waals surface area contributed by atoms with Gasteiger partial charge in [-0.25, -0.2) is 4.98 Å². The average Bonchev–Trinajstić information content (AvgIpc) is 2.91. The number of benzene rings is 1. The van der Waals surface area contributed by atoms with Crippen molar-refractivity contribution >= 4 is 28.6 Å². The van der Waals surface area contributed by atoms with Gasteiger partial charge >= 0.3 is 0 Å². The molecule has 2 saturated heterocycles. The molecular weight excluding hydrogens is 334 g/mol. The quantitative estimate of drug-likeness (QED) is 0.844. The first-order chi connectivity index (χ1) is 12.2. The van der Waals surface area contributed by atoms with Gasteiger partial charge in [0.05, 0.1) is 17.2 Å². The zero-order valence-corrected chi connectivity index (χ0v) is 15.2. The Kier molecular flexibility index (Phi) is 4.54. The van der Waals surface area contributed by atoms with Crippen LogP contribution in [0.25, 0.3) is 10.9 Å². The first-order valence-electron chi connectivity index (χ1n) is 8.95. The fourth-order valence-electron chi connectivity index (χ4n) is 4.34. The molecule has 5 nitrogen and oxygen atoms in total. The molecule has 0 aliphatic carbocycles. The maximum atomic E-state index is 12.8. The van der Waals surface area contributed by atoms with Crippen LogP contribution in [-0.2, 0) is 11.3 Å². The number of carbonyl (C=O) groups excluding carboxylic acids is 1. The van der Waals surface area contributed by atoms with Crippen LogP contribution in [0.2, 0.25) is 0 Å². The number of aromatic nitrogens is 2. The number of thioether (sulfide) groups is 1. The Morgan fingerprint density at radius 3 is 2.68 bits per heavy atom. The molecule has 2 aliphatic heterocycles. The van der Waals surface area contributed by atoms with Crippen molar-refractivity contribution in [3.05, 3.63) is 40.9 Å². The molecule has 132 valence electrons. The lowest BCUT2D eigenvalue weighted by Gasteiger charge is -2.38. The van der Waals surface area contributed by atoms with Crippen LogP contribution in [0, 0.1) is 0 Å². The SMILES string of the molecule is CSC1CC2CCC(C1)N2C(=O)CCn1cnc2ccccc2c1=O. The Morgan fingerprint density at radius 1 is 1.24 bits per heavy atom. The topological polar surface area (TPSA) is 55.2 Å². The maximum Gasteiger partial charge on any atom is 0.261 e. The van der Waals surface area contributed by atoms with Gasteiger partial charge in [-0.2, -0.15) is 11.8 Å². The molecule has 0 radical (unpaired) electrons. The van der Waals surface area contributed by atoms with Crippen LogP contribution in [0.15, 0.2) is 35.4 Å². The molecule has 1 amide bonds. The van der Waals surface area contributed by atoms with Crippen molar-refractivity contribution < 1.29 is 4.79 Å². The molecular formula is C19H23N3O2S. The van der Waals surface area contributed by atoms with E-state index >= 15 is 0 Å². The molecule has 3 heterocycles. The van der Waals surface area contributed by atoms with E-state index in [4.69, 9.17) is 0 Å². The Morgan fingerprint density at radius 2 is 1.96 bits per heavy atom. The molecule has 6 heteroatoms. The van der Waals surface area contributed by atoms with Crippen LogP contribution in [0.4, 0.5) is 0 Å². The predicted octanol–water partition coefficient (Wildman–Crippen LogP) is 2.67. The number of piperidine rings is 1. The van der Waals surface area contributed by atoms with Crippen molar-refractivity contribution in [2.24, 2.45) is 0 Å². The highest BCUT2D eigenvalue weighted by Crippen LogP contribution is 2.39. The van der Waals surface area contributed by atoms with Crippen LogP contribution < -0.4 is 5.56 Å². The van der Waals surface area contributed by atoms with E-state index in [9.17, 15) is 9.59 Å². The van der Waals surface area contributed by atoms with Crippen LogP contribution >= 0.6 is 11.8 Å². The van der Waals surface area contributed by atoms with Crippen LogP contribution in [0.1, 0.15) is 32.1 Å². The number of hydrogen-bond acceptors (Lipinski definition) is 4. The van der Waals surface area contributed by atoms with E-state index in [1.165, 1.54) is 0 Å². The molecule has 0 spiro atoms. The molecule has 2 aromatic rings. The van der Waals surface area contributed by atoms with Gasteiger partial charge in [-0.15, -0.1) is 0 Å². The van der Waals surface area contributed by atoms with Gasteiger partial charge in [0.2, 0.25) is 5.91 Å². The summed E-state index contributed by atoms with van der Waals surface area (Å²) >= 11 is 1.93. The summed E-state index contributed by atoms with van der Waals surface area (Å²) in [5.41, 5.74) is 0.634. The summed E-state index contributed by atoms with van der Waals surface area (Å²) in [5.74, 6) is 0.187. The standard InChI is InChI=1S/C19H23N3O2S/c1-25-15-10-13-6-7-14(11-15)22(13)18(23)8-9-21-12-20-17-5-3-2-4-16(17)19(21)24/h2-5,12-15H,6-11H2,1H3. The fraction of sp³-hybridized carbons (Fsp3) is 0.526. The summed E-state index contributed by atoms with van der Waals surface area (Å²) in [6, 6.07) is 8.13. The molecule has 2 aliphatic rings. The second-order valence-electron chi connectivity index (χ2n) is 7.03. The van der Waals surface area contributed by atoms with E-state index in [2.05, 4.69) is 16.1 Å². The number of fused-ring (bicyclic) bond motifs is 3. The highest BCUT2D eigenvalue weighted by atomic mass is 32.2. The van der Waals surface area contributed by atoms with Crippen molar-refractivity contribution in [1.82, 2.24) is 14.5 Å². The molecule has 0 saturated carbocycles. The van der Waals surface area contributed by atoms with Gasteiger partial charge in [-0.05, 0) is 44.1 Å². The predicted molar refractivity (Wildman–Crippen MR) is 101 cm³/mol. The summed E-state index contributed by atoms with van der Waals surface area (Å²) in [6.45, 7) is 0.400. The molecule has 25 heavy (non-hydrogen) atoms. The first-order valence-corrected chi connectivity index (χ1v) is 10.2. The lowest BCUT2D eigenvalue weighted by atomic mass is 10.0. The van der Waals surface area contributed by atoms with Crippen molar-refractivity contribution in [3.63, 3.8) is 0 Å². The average molecular weight is 357 g/mol. The number of aryl methyl sites for hydroxylation is 1. The van der Waals surface area contributed by atoms with E-state index in [1.54, 1.807) is 17.0 Å². The zero-order chi connectivity index (χ0) is 17.4. The summed E-state index contributed by atoms with van der Waals surface area (Å²) < 4.78 is 1.57. The highest BCUT2D eigenvalue weighted by molar-refractivity contribution is 7.99. The Bertz CT molecular complexity index is 836. The van der Waals surface area contributed by atoms with Gasteiger partial charge in [0.15, 0.2) is 0 Å². The van der Waals surface area contributed by atoms with E-state index in [1.807, 2.05) is 30.0 Å². The molecule has 2 fully saturated rings. The van der Waals surface area contributed by atoms with Crippen molar-refractivity contribution in [3.8, 4) is 0 Å². The third-order valence-corrected chi connectivity index (χ3v) is 6.66. The normalized spacial score (nSPS) is 25.5. The summed E-state index contributed by atoms with van der Waals surface area (Å²) in [4.78, 5) is 31.8. The van der Waals surface area contributed by atoms with Crippen LogP contribution in [0.3, 0.4) is 0 Å². The first kappa shape index (κ1) is 16.6. The van der Waals surface area contributed by atoms with E-state index < -0.39 is 0 Å². The molecule has 2 unspecified atom stereocenters. The minimum absolute atomic E-state index is 0.0672. The zero-order valence-electron chi connectivity index (χ0n) is 14.4. The Balaban J connectivity index is 1.46. The third-order valence-electron chi connectivity index (χ3n) is 5.61. The number of nitrogens with zero attached hydrogens (tertiary/aromatic N) is 3. The van der Waals surface area contributed by atoms with Gasteiger partial charge in [-0.3, -0.25) is 14.2 Å². The number of amides is 1. The largest absolute Gasteiger partial charge is 0.337 e. The van der Waals surface area contributed by atoms with E-state index in [-0.39, 0.29) is 11.5 Å². The molecule has 1 aromatic carbocycles. The highest BCUT2D eigenvalue weighted by Gasteiger charge is 2.42. The second kappa shape index (κ2) is 6.83. The number of rotatable bonds is 4. The smallest absolute Gasteiger partial charge is 0.261 e. The van der Waals surface area contributed by atoms with Gasteiger partial charge in [-0.1, -0.05) is 12.1 Å². The number of para-hydroxylation sites is 1. The summed E-state index contributed by atoms with van der Waals surface area (Å²) in [6.07, 6.45) is 8.59. The molecule has 4 rings (SSSR count). The summed E-state index contributed by atoms with van der Waals surface area (Å²) in [7, 11) is 0. The molecule has 1 aromatic heterocycles. The van der Waals surface area contributed by atoms with Crippen LogP contribution in [0.5, 0.6) is 0 Å². The van der Waals surface area contributed by atoms with Gasteiger partial charge in [0.1, 0.15) is 0 Å². The van der Waals surface area contributed by atoms with Gasteiger partial charge in [0.25, 0.3) is 5.56 Å². The molecule has 2 atom stereocenters. The second-order valence-corrected chi connectivity index (χ2v) is 8.16. The number of hydrogen-bond donors (Lipinski definition) is 0. The van der Waals surface area contributed by atoms with Crippen LogP contribution in [-0.4, -0.2) is 43.9 Å². The number of carbonyl (C=O) groups is 1. The van der Waals surface area contributed by atoms with Crippen molar-refractivity contribution in [1.29, 1.82) is 0 Å². The lowest BCUT2D eigenvalue weighted by Crippen LogP contribution is -2.47. The lowest BCUT2D eigenvalue weighted by molar-refractivity contribution is -0.135. The Hall–Kier alpha value is -1.82. The van der Waals surface area contributed by atoms with E-state index in [0.29, 0.717) is 41.2 Å².